The average molecular weight is 488 g/mol. The smallest absolute Gasteiger partial charge is 0.293 e. The summed E-state index contributed by atoms with van der Waals surface area (Å²) < 4.78 is 13.0. The fourth-order valence-electron chi connectivity index (χ4n) is 3.96. The number of hydrogen-bond donors (Lipinski definition) is 0. The molecular formula is C27H25N3O4S. The van der Waals surface area contributed by atoms with Gasteiger partial charge in [-0.05, 0) is 73.6 Å². The summed E-state index contributed by atoms with van der Waals surface area (Å²) in [6.07, 6.45) is 1.78. The van der Waals surface area contributed by atoms with E-state index in [-0.39, 0.29) is 17.7 Å². The Bertz CT molecular complexity index is 1340. The highest BCUT2D eigenvalue weighted by molar-refractivity contribution is 8.18. The van der Waals surface area contributed by atoms with E-state index < -0.39 is 0 Å². The lowest BCUT2D eigenvalue weighted by molar-refractivity contribution is -0.123. The van der Waals surface area contributed by atoms with Gasteiger partial charge in [0.1, 0.15) is 12.4 Å². The number of imide groups is 1. The number of amides is 2. The maximum absolute atomic E-state index is 12.7. The van der Waals surface area contributed by atoms with Crippen LogP contribution >= 0.6 is 11.8 Å². The summed E-state index contributed by atoms with van der Waals surface area (Å²) in [7, 11) is 1.54. The van der Waals surface area contributed by atoms with Crippen molar-refractivity contribution in [3.05, 3.63) is 87.6 Å². The fraction of sp³-hybridized carbons (Fsp3) is 0.222. The van der Waals surface area contributed by atoms with Crippen LogP contribution in [-0.2, 0) is 16.1 Å². The molecule has 4 rings (SSSR count). The second-order valence-corrected chi connectivity index (χ2v) is 9.03. The average Bonchev–Trinajstić information content (AvgIpc) is 3.30. The van der Waals surface area contributed by atoms with Crippen LogP contribution < -0.4 is 4.74 Å². The second kappa shape index (κ2) is 10.6. The van der Waals surface area contributed by atoms with Crippen molar-refractivity contribution in [2.45, 2.75) is 20.5 Å². The molecule has 2 heterocycles. The molecule has 7 nitrogen and oxygen atoms in total. The predicted octanol–water partition coefficient (Wildman–Crippen LogP) is 5.23. The summed E-state index contributed by atoms with van der Waals surface area (Å²) in [5.74, 6) is 0.412. The van der Waals surface area contributed by atoms with E-state index in [1.807, 2.05) is 62.4 Å². The number of carbonyl (C=O) groups is 2. The zero-order valence-corrected chi connectivity index (χ0v) is 20.6. The number of carbonyl (C=O) groups excluding carboxylic acids is 2. The van der Waals surface area contributed by atoms with Crippen LogP contribution in [0.1, 0.15) is 28.1 Å². The van der Waals surface area contributed by atoms with E-state index in [0.29, 0.717) is 29.4 Å². The minimum absolute atomic E-state index is 0.244. The van der Waals surface area contributed by atoms with Crippen LogP contribution in [0.3, 0.4) is 0 Å². The molecule has 1 aromatic heterocycles. The normalized spacial score (nSPS) is 14.6. The molecule has 1 aliphatic rings. The van der Waals surface area contributed by atoms with Crippen molar-refractivity contribution in [1.29, 1.82) is 5.26 Å². The minimum Gasteiger partial charge on any atom is -0.489 e. The molecule has 2 amide bonds. The van der Waals surface area contributed by atoms with Crippen LogP contribution in [0.5, 0.6) is 5.75 Å². The van der Waals surface area contributed by atoms with Crippen molar-refractivity contribution in [1.82, 2.24) is 9.47 Å². The summed E-state index contributed by atoms with van der Waals surface area (Å²) in [6.45, 7) is 4.85. The topological polar surface area (TPSA) is 84.6 Å². The monoisotopic (exact) mass is 487 g/mol. The van der Waals surface area contributed by atoms with Crippen LogP contribution in [0.4, 0.5) is 4.79 Å². The first-order valence-electron chi connectivity index (χ1n) is 11.1. The fourth-order valence-corrected chi connectivity index (χ4v) is 4.81. The van der Waals surface area contributed by atoms with Gasteiger partial charge in [-0.3, -0.25) is 14.5 Å². The predicted molar refractivity (Wildman–Crippen MR) is 135 cm³/mol. The van der Waals surface area contributed by atoms with Crippen LogP contribution in [0.25, 0.3) is 11.8 Å². The zero-order valence-electron chi connectivity index (χ0n) is 19.8. The third-order valence-corrected chi connectivity index (χ3v) is 6.68. The number of nitriles is 1. The van der Waals surface area contributed by atoms with Crippen molar-refractivity contribution < 1.29 is 19.1 Å². The van der Waals surface area contributed by atoms with Gasteiger partial charge in [0.25, 0.3) is 11.1 Å². The molecule has 0 aliphatic carbocycles. The van der Waals surface area contributed by atoms with Crippen LogP contribution in [0.15, 0.2) is 59.5 Å². The number of benzene rings is 2. The summed E-state index contributed by atoms with van der Waals surface area (Å²) in [5, 5.41) is 8.96. The van der Waals surface area contributed by atoms with Crippen molar-refractivity contribution in [3.8, 4) is 17.5 Å². The Kier molecular flexibility index (Phi) is 7.39. The first kappa shape index (κ1) is 24.3. The lowest BCUT2D eigenvalue weighted by Gasteiger charge is -2.12. The van der Waals surface area contributed by atoms with E-state index in [4.69, 9.17) is 9.47 Å². The van der Waals surface area contributed by atoms with E-state index in [1.165, 1.54) is 12.0 Å². The summed E-state index contributed by atoms with van der Waals surface area (Å²) in [6, 6.07) is 19.3. The lowest BCUT2D eigenvalue weighted by Crippen LogP contribution is -2.31. The molecule has 1 saturated heterocycles. The molecule has 0 N–H and O–H groups in total. The van der Waals surface area contributed by atoms with E-state index >= 15 is 0 Å². The lowest BCUT2D eigenvalue weighted by atomic mass is 10.1. The van der Waals surface area contributed by atoms with Gasteiger partial charge in [-0.2, -0.15) is 5.26 Å². The Balaban J connectivity index is 1.51. The highest BCUT2D eigenvalue weighted by Gasteiger charge is 2.34. The number of ether oxygens (including phenoxy) is 2. The maximum atomic E-state index is 12.7. The highest BCUT2D eigenvalue weighted by Crippen LogP contribution is 2.33. The molecular weight excluding hydrogens is 462 g/mol. The Hall–Kier alpha value is -3.80. The molecule has 35 heavy (non-hydrogen) atoms. The number of aromatic nitrogens is 1. The minimum atomic E-state index is -0.290. The maximum Gasteiger partial charge on any atom is 0.293 e. The molecule has 8 heteroatoms. The molecule has 3 aromatic rings. The molecule has 0 radical (unpaired) electrons. The Labute approximate surface area is 208 Å². The molecule has 1 aliphatic heterocycles. The summed E-state index contributed by atoms with van der Waals surface area (Å²) in [5.41, 5.74) is 5.25. The third kappa shape index (κ3) is 5.16. The second-order valence-electron chi connectivity index (χ2n) is 8.04. The van der Waals surface area contributed by atoms with Gasteiger partial charge in [0.15, 0.2) is 0 Å². The standard InChI is InChI=1S/C27H25N3O4S/c1-18-14-22(15-25-26(31)29(12-13-33-3)27(32)35-25)19(2)30(18)23-8-10-24(11-9-23)34-17-21-7-5-4-6-20(21)16-28/h4-11,14-15H,12-13,17H2,1-3H3/b25-15+. The van der Waals surface area contributed by atoms with Crippen molar-refractivity contribution in [2.24, 2.45) is 0 Å². The third-order valence-electron chi connectivity index (χ3n) is 5.78. The largest absolute Gasteiger partial charge is 0.489 e. The number of thioether (sulfide) groups is 1. The van der Waals surface area contributed by atoms with Crippen molar-refractivity contribution >= 4 is 29.0 Å². The van der Waals surface area contributed by atoms with Crippen molar-refractivity contribution in [3.63, 3.8) is 0 Å². The van der Waals surface area contributed by atoms with Crippen LogP contribution in [0.2, 0.25) is 0 Å². The molecule has 0 spiro atoms. The molecule has 178 valence electrons. The quantitative estimate of drug-likeness (QED) is 0.405. The molecule has 2 aromatic carbocycles. The summed E-state index contributed by atoms with van der Waals surface area (Å²) >= 11 is 0.952. The van der Waals surface area contributed by atoms with E-state index in [2.05, 4.69) is 10.6 Å². The number of rotatable bonds is 8. The Morgan fingerprint density at radius 3 is 2.54 bits per heavy atom. The first-order valence-corrected chi connectivity index (χ1v) is 11.9. The molecule has 0 unspecified atom stereocenters. The number of aryl methyl sites for hydroxylation is 1. The molecule has 0 atom stereocenters. The molecule has 1 fully saturated rings. The molecule has 0 saturated carbocycles. The van der Waals surface area contributed by atoms with Gasteiger partial charge < -0.3 is 14.0 Å². The number of nitrogens with zero attached hydrogens (tertiary/aromatic N) is 3. The van der Waals surface area contributed by atoms with Gasteiger partial charge in [0.05, 0.1) is 29.7 Å². The van der Waals surface area contributed by atoms with E-state index in [1.54, 1.807) is 12.1 Å². The van der Waals surface area contributed by atoms with Gasteiger partial charge in [0.2, 0.25) is 0 Å². The zero-order chi connectivity index (χ0) is 24.9. The first-order chi connectivity index (χ1) is 16.9. The SMILES string of the molecule is COCCN1C(=O)S/C(=C/c2cc(C)n(-c3ccc(OCc4ccccc4C#N)cc3)c2C)C1=O. The Morgan fingerprint density at radius 1 is 1.09 bits per heavy atom. The van der Waals surface area contributed by atoms with Gasteiger partial charge in [0, 0.05) is 29.7 Å². The number of methoxy groups -OCH3 is 1. The van der Waals surface area contributed by atoms with Gasteiger partial charge >= 0.3 is 0 Å². The summed E-state index contributed by atoms with van der Waals surface area (Å²) in [4.78, 5) is 26.5. The van der Waals surface area contributed by atoms with Crippen LogP contribution in [0, 0.1) is 25.2 Å². The van der Waals surface area contributed by atoms with Gasteiger partial charge in [-0.25, -0.2) is 0 Å². The highest BCUT2D eigenvalue weighted by atomic mass is 32.2. The van der Waals surface area contributed by atoms with Gasteiger partial charge in [-0.1, -0.05) is 18.2 Å². The number of hydrogen-bond acceptors (Lipinski definition) is 6. The van der Waals surface area contributed by atoms with Crippen molar-refractivity contribution in [2.75, 3.05) is 20.3 Å². The Morgan fingerprint density at radius 2 is 1.83 bits per heavy atom. The van der Waals surface area contributed by atoms with E-state index in [0.717, 1.165) is 40.0 Å². The molecule has 0 bridgehead atoms. The van der Waals surface area contributed by atoms with Gasteiger partial charge in [-0.15, -0.1) is 0 Å². The van der Waals surface area contributed by atoms with Crippen LogP contribution in [-0.4, -0.2) is 40.9 Å². The van der Waals surface area contributed by atoms with E-state index in [9.17, 15) is 14.9 Å².